The van der Waals surface area contributed by atoms with E-state index in [-0.39, 0.29) is 5.75 Å². The van der Waals surface area contributed by atoms with Crippen LogP contribution in [-0.4, -0.2) is 43.5 Å². The van der Waals surface area contributed by atoms with Crippen LogP contribution >= 0.6 is 11.3 Å². The SMILES string of the molecule is COc1nc2sccn2c1CNCCS(C)(=O)=O. The first-order valence-electron chi connectivity index (χ1n) is 5.38. The van der Waals surface area contributed by atoms with E-state index < -0.39 is 9.84 Å². The minimum absolute atomic E-state index is 0.126. The molecule has 0 bridgehead atoms. The number of nitrogens with one attached hydrogen (secondary N) is 1. The summed E-state index contributed by atoms with van der Waals surface area (Å²) in [7, 11) is -1.35. The van der Waals surface area contributed by atoms with E-state index in [4.69, 9.17) is 4.74 Å². The van der Waals surface area contributed by atoms with E-state index in [9.17, 15) is 8.42 Å². The van der Waals surface area contributed by atoms with Gasteiger partial charge in [-0.25, -0.2) is 8.42 Å². The molecule has 0 aliphatic rings. The molecule has 0 amide bonds. The Morgan fingerprint density at radius 2 is 2.33 bits per heavy atom. The van der Waals surface area contributed by atoms with Crippen LogP contribution in [0.4, 0.5) is 0 Å². The maximum Gasteiger partial charge on any atom is 0.237 e. The summed E-state index contributed by atoms with van der Waals surface area (Å²) in [5.41, 5.74) is 0.905. The second-order valence-electron chi connectivity index (χ2n) is 3.93. The maximum absolute atomic E-state index is 11.0. The Kier molecular flexibility index (Phi) is 3.88. The molecule has 0 saturated carbocycles. The molecule has 1 N–H and O–H groups in total. The average molecular weight is 289 g/mol. The molecule has 18 heavy (non-hydrogen) atoms. The summed E-state index contributed by atoms with van der Waals surface area (Å²) in [5, 5.41) is 5.03. The van der Waals surface area contributed by atoms with Crippen LogP contribution < -0.4 is 10.1 Å². The summed E-state index contributed by atoms with van der Waals surface area (Å²) in [6.45, 7) is 0.940. The van der Waals surface area contributed by atoms with E-state index in [0.29, 0.717) is 19.0 Å². The molecular formula is C10H15N3O3S2. The number of fused-ring (bicyclic) bond motifs is 1. The Morgan fingerprint density at radius 1 is 1.56 bits per heavy atom. The topological polar surface area (TPSA) is 72.7 Å². The number of hydrogen-bond acceptors (Lipinski definition) is 6. The lowest BCUT2D eigenvalue weighted by Gasteiger charge is -2.05. The quantitative estimate of drug-likeness (QED) is 0.786. The van der Waals surface area contributed by atoms with Crippen molar-refractivity contribution in [1.82, 2.24) is 14.7 Å². The van der Waals surface area contributed by atoms with Crippen molar-refractivity contribution in [3.63, 3.8) is 0 Å². The van der Waals surface area contributed by atoms with Gasteiger partial charge in [-0.3, -0.25) is 4.40 Å². The van der Waals surface area contributed by atoms with Crippen LogP contribution in [0.1, 0.15) is 5.69 Å². The van der Waals surface area contributed by atoms with Gasteiger partial charge in [0.25, 0.3) is 0 Å². The predicted octanol–water partition coefficient (Wildman–Crippen LogP) is 0.539. The first-order chi connectivity index (χ1) is 8.51. The highest BCUT2D eigenvalue weighted by Crippen LogP contribution is 2.22. The molecule has 0 atom stereocenters. The summed E-state index contributed by atoms with van der Waals surface area (Å²) >= 11 is 1.53. The van der Waals surface area contributed by atoms with Crippen molar-refractivity contribution >= 4 is 26.1 Å². The number of nitrogens with zero attached hydrogens (tertiary/aromatic N) is 2. The second-order valence-corrected chi connectivity index (χ2v) is 7.06. The molecule has 2 rings (SSSR count). The second kappa shape index (κ2) is 5.25. The van der Waals surface area contributed by atoms with Crippen molar-refractivity contribution in [2.45, 2.75) is 6.54 Å². The number of thiazole rings is 1. The van der Waals surface area contributed by atoms with E-state index in [0.717, 1.165) is 10.7 Å². The van der Waals surface area contributed by atoms with E-state index >= 15 is 0 Å². The molecule has 2 aromatic heterocycles. The molecule has 8 heteroatoms. The van der Waals surface area contributed by atoms with Crippen molar-refractivity contribution in [3.8, 4) is 5.88 Å². The third-order valence-corrected chi connectivity index (χ3v) is 4.16. The van der Waals surface area contributed by atoms with Gasteiger partial charge in [0, 0.05) is 30.9 Å². The zero-order chi connectivity index (χ0) is 13.2. The molecule has 0 unspecified atom stereocenters. The molecule has 0 saturated heterocycles. The molecule has 0 radical (unpaired) electrons. The molecule has 0 aliphatic carbocycles. The van der Waals surface area contributed by atoms with Gasteiger partial charge in [0.1, 0.15) is 15.5 Å². The van der Waals surface area contributed by atoms with Crippen molar-refractivity contribution in [1.29, 1.82) is 0 Å². The third kappa shape index (κ3) is 3.01. The summed E-state index contributed by atoms with van der Waals surface area (Å²) in [6, 6.07) is 0. The van der Waals surface area contributed by atoms with Crippen LogP contribution in [0.2, 0.25) is 0 Å². The smallest absolute Gasteiger partial charge is 0.237 e. The molecule has 2 heterocycles. The van der Waals surface area contributed by atoms with E-state index in [1.165, 1.54) is 17.6 Å². The third-order valence-electron chi connectivity index (χ3n) is 2.46. The van der Waals surface area contributed by atoms with Gasteiger partial charge in [-0.2, -0.15) is 4.98 Å². The Balaban J connectivity index is 2.04. The highest BCUT2D eigenvalue weighted by atomic mass is 32.2. The standard InChI is InChI=1S/C10H15N3O3S2/c1-16-9-8(7-11-3-6-18(2,14)15)13-4-5-17-10(13)12-9/h4-5,11H,3,6-7H2,1-2H3. The molecule has 6 nitrogen and oxygen atoms in total. The van der Waals surface area contributed by atoms with Gasteiger partial charge < -0.3 is 10.1 Å². The number of imidazole rings is 1. The zero-order valence-corrected chi connectivity index (χ0v) is 11.8. The first-order valence-corrected chi connectivity index (χ1v) is 8.32. The monoisotopic (exact) mass is 289 g/mol. The Labute approximate surface area is 110 Å². The molecule has 0 fully saturated rings. The van der Waals surface area contributed by atoms with Crippen LogP contribution in [0, 0.1) is 0 Å². The Bertz CT molecular complexity index is 630. The van der Waals surface area contributed by atoms with Crippen molar-refractivity contribution < 1.29 is 13.2 Å². The van der Waals surface area contributed by atoms with Gasteiger partial charge in [0.05, 0.1) is 12.9 Å². The van der Waals surface area contributed by atoms with Crippen LogP contribution in [0.25, 0.3) is 4.96 Å². The van der Waals surface area contributed by atoms with Crippen molar-refractivity contribution in [2.75, 3.05) is 25.7 Å². The van der Waals surface area contributed by atoms with Crippen LogP contribution in [-0.2, 0) is 16.4 Å². The molecule has 0 spiro atoms. The largest absolute Gasteiger partial charge is 0.480 e. The van der Waals surface area contributed by atoms with Gasteiger partial charge in [-0.1, -0.05) is 0 Å². The normalized spacial score (nSPS) is 12.1. The maximum atomic E-state index is 11.0. The fourth-order valence-corrected chi connectivity index (χ4v) is 2.84. The van der Waals surface area contributed by atoms with E-state index in [2.05, 4.69) is 10.3 Å². The van der Waals surface area contributed by atoms with Crippen LogP contribution in [0.15, 0.2) is 11.6 Å². The van der Waals surface area contributed by atoms with Crippen LogP contribution in [0.3, 0.4) is 0 Å². The van der Waals surface area contributed by atoms with Crippen molar-refractivity contribution in [3.05, 3.63) is 17.3 Å². The van der Waals surface area contributed by atoms with E-state index in [1.54, 1.807) is 7.11 Å². The molecular weight excluding hydrogens is 274 g/mol. The van der Waals surface area contributed by atoms with Gasteiger partial charge >= 0.3 is 0 Å². The van der Waals surface area contributed by atoms with Gasteiger partial charge in [0.2, 0.25) is 5.88 Å². The highest BCUT2D eigenvalue weighted by molar-refractivity contribution is 7.90. The predicted molar refractivity (Wildman–Crippen MR) is 71.0 cm³/mol. The lowest BCUT2D eigenvalue weighted by Crippen LogP contribution is -2.22. The highest BCUT2D eigenvalue weighted by Gasteiger charge is 2.13. The summed E-state index contributed by atoms with van der Waals surface area (Å²) in [6.07, 6.45) is 3.15. The summed E-state index contributed by atoms with van der Waals surface area (Å²) < 4.78 is 29.2. The number of aromatic nitrogens is 2. The summed E-state index contributed by atoms with van der Waals surface area (Å²) in [4.78, 5) is 5.19. The molecule has 100 valence electrons. The Morgan fingerprint density at radius 3 is 3.00 bits per heavy atom. The number of methoxy groups -OCH3 is 1. The number of sulfone groups is 1. The fraction of sp³-hybridized carbons (Fsp3) is 0.500. The minimum Gasteiger partial charge on any atom is -0.480 e. The minimum atomic E-state index is -2.93. The molecule has 2 aromatic rings. The number of hydrogen-bond donors (Lipinski definition) is 1. The lowest BCUT2D eigenvalue weighted by atomic mass is 10.4. The Hall–Kier alpha value is -1.12. The summed E-state index contributed by atoms with van der Waals surface area (Å²) in [5.74, 6) is 0.703. The first kappa shape index (κ1) is 13.3. The lowest BCUT2D eigenvalue weighted by molar-refractivity contribution is 0.393. The molecule has 0 aliphatic heterocycles. The van der Waals surface area contributed by atoms with Gasteiger partial charge in [0.15, 0.2) is 4.96 Å². The van der Waals surface area contributed by atoms with Gasteiger partial charge in [-0.15, -0.1) is 11.3 Å². The number of rotatable bonds is 6. The van der Waals surface area contributed by atoms with Crippen LogP contribution in [0.5, 0.6) is 5.88 Å². The zero-order valence-electron chi connectivity index (χ0n) is 10.2. The molecule has 0 aromatic carbocycles. The number of ether oxygens (including phenoxy) is 1. The fourth-order valence-electron chi connectivity index (χ4n) is 1.60. The van der Waals surface area contributed by atoms with E-state index in [1.807, 2.05) is 16.0 Å². The average Bonchev–Trinajstić information content (AvgIpc) is 2.83. The van der Waals surface area contributed by atoms with Crippen molar-refractivity contribution in [2.24, 2.45) is 0 Å². The van der Waals surface area contributed by atoms with Gasteiger partial charge in [-0.05, 0) is 0 Å².